The number of halogens is 1. The van der Waals surface area contributed by atoms with Crippen LogP contribution < -0.4 is 11.1 Å². The Morgan fingerprint density at radius 3 is 2.57 bits per heavy atom. The van der Waals surface area contributed by atoms with E-state index in [0.29, 0.717) is 12.8 Å². The molecule has 0 radical (unpaired) electrons. The summed E-state index contributed by atoms with van der Waals surface area (Å²) < 4.78 is 41.2. The summed E-state index contributed by atoms with van der Waals surface area (Å²) in [5.41, 5.74) is 5.78. The summed E-state index contributed by atoms with van der Waals surface area (Å²) in [7, 11) is -1.77. The Balaban J connectivity index is 2.18. The van der Waals surface area contributed by atoms with Crippen LogP contribution in [0.25, 0.3) is 0 Å². The van der Waals surface area contributed by atoms with Crippen LogP contribution in [0.4, 0.5) is 15.8 Å². The number of nitrogens with two attached hydrogens (primary N) is 1. The van der Waals surface area contributed by atoms with Gasteiger partial charge in [-0.3, -0.25) is 0 Å². The van der Waals surface area contributed by atoms with Gasteiger partial charge in [0.1, 0.15) is 15.7 Å². The lowest BCUT2D eigenvalue weighted by Gasteiger charge is -2.24. The highest BCUT2D eigenvalue weighted by Crippen LogP contribution is 2.25. The average molecular weight is 316 g/mol. The molecule has 1 aromatic carbocycles. The molecule has 1 aliphatic rings. The zero-order valence-corrected chi connectivity index (χ0v) is 12.4. The molecule has 6 nitrogen and oxygen atoms in total. The number of carbonyl (C=O) groups excluding carboxylic acids is 1. The minimum Gasteiger partial charge on any atom is -0.465 e. The Bertz CT molecular complexity index is 646. The van der Waals surface area contributed by atoms with Gasteiger partial charge in [-0.2, -0.15) is 0 Å². The van der Waals surface area contributed by atoms with Gasteiger partial charge in [0.05, 0.1) is 29.9 Å². The van der Waals surface area contributed by atoms with Gasteiger partial charge in [-0.25, -0.2) is 17.6 Å². The van der Waals surface area contributed by atoms with Crippen molar-refractivity contribution in [3.8, 4) is 0 Å². The third-order valence-corrected chi connectivity index (χ3v) is 5.17. The molecule has 1 heterocycles. The van der Waals surface area contributed by atoms with Crippen LogP contribution in [0.15, 0.2) is 12.1 Å². The van der Waals surface area contributed by atoms with Crippen LogP contribution >= 0.6 is 0 Å². The SMILES string of the molecule is COC(=O)c1cc(NC2CCS(=O)(=O)CC2)c(F)cc1N. The first kappa shape index (κ1) is 15.6. The molecule has 1 saturated heterocycles. The van der Waals surface area contributed by atoms with E-state index in [0.717, 1.165) is 6.07 Å². The molecule has 0 spiro atoms. The van der Waals surface area contributed by atoms with E-state index in [1.54, 1.807) is 0 Å². The highest BCUT2D eigenvalue weighted by atomic mass is 32.2. The molecule has 0 atom stereocenters. The van der Waals surface area contributed by atoms with Gasteiger partial charge in [0.15, 0.2) is 0 Å². The molecule has 2 rings (SSSR count). The second-order valence-electron chi connectivity index (χ2n) is 4.98. The first-order chi connectivity index (χ1) is 9.82. The zero-order chi connectivity index (χ0) is 15.6. The fraction of sp³-hybridized carbons (Fsp3) is 0.462. The van der Waals surface area contributed by atoms with E-state index in [9.17, 15) is 17.6 Å². The van der Waals surface area contributed by atoms with Gasteiger partial charge in [0, 0.05) is 11.7 Å². The van der Waals surface area contributed by atoms with E-state index in [1.807, 2.05) is 0 Å². The molecule has 0 amide bonds. The van der Waals surface area contributed by atoms with Crippen LogP contribution in [0.1, 0.15) is 23.2 Å². The Kier molecular flexibility index (Phi) is 4.36. The van der Waals surface area contributed by atoms with E-state index in [-0.39, 0.29) is 34.5 Å². The number of benzene rings is 1. The number of anilines is 2. The van der Waals surface area contributed by atoms with Gasteiger partial charge < -0.3 is 15.8 Å². The van der Waals surface area contributed by atoms with Crippen LogP contribution in [-0.2, 0) is 14.6 Å². The molecule has 0 saturated carbocycles. The van der Waals surface area contributed by atoms with Crippen molar-refractivity contribution < 1.29 is 22.3 Å². The van der Waals surface area contributed by atoms with Crippen molar-refractivity contribution in [1.29, 1.82) is 0 Å². The van der Waals surface area contributed by atoms with Crippen LogP contribution in [0.2, 0.25) is 0 Å². The topological polar surface area (TPSA) is 98.5 Å². The van der Waals surface area contributed by atoms with Crippen LogP contribution in [0, 0.1) is 5.82 Å². The number of rotatable bonds is 3. The summed E-state index contributed by atoms with van der Waals surface area (Å²) in [4.78, 5) is 11.5. The summed E-state index contributed by atoms with van der Waals surface area (Å²) in [6.07, 6.45) is 0.805. The second kappa shape index (κ2) is 5.88. The van der Waals surface area contributed by atoms with Gasteiger partial charge in [-0.05, 0) is 25.0 Å². The second-order valence-corrected chi connectivity index (χ2v) is 7.28. The standard InChI is InChI=1S/C13H17FN2O4S/c1-20-13(17)9-6-12(10(14)7-11(9)15)16-8-2-4-21(18,19)5-3-8/h6-8,16H,2-5,15H2,1H3. The van der Waals surface area contributed by atoms with E-state index in [2.05, 4.69) is 10.1 Å². The van der Waals surface area contributed by atoms with Gasteiger partial charge in [0.25, 0.3) is 0 Å². The molecular formula is C13H17FN2O4S. The molecule has 8 heteroatoms. The molecule has 3 N–H and O–H groups in total. The zero-order valence-electron chi connectivity index (χ0n) is 11.6. The van der Waals surface area contributed by atoms with Crippen molar-refractivity contribution in [2.24, 2.45) is 0 Å². The smallest absolute Gasteiger partial charge is 0.340 e. The molecule has 1 aromatic rings. The summed E-state index contributed by atoms with van der Waals surface area (Å²) in [6.45, 7) is 0. The number of nitrogen functional groups attached to an aromatic ring is 1. The number of sulfone groups is 1. The molecule has 0 aliphatic carbocycles. The summed E-state index contributed by atoms with van der Waals surface area (Å²) in [5.74, 6) is -1.09. The average Bonchev–Trinajstić information content (AvgIpc) is 2.43. The maximum Gasteiger partial charge on any atom is 0.340 e. The largest absolute Gasteiger partial charge is 0.465 e. The number of carbonyl (C=O) groups is 1. The van der Waals surface area contributed by atoms with Crippen molar-refractivity contribution >= 4 is 27.2 Å². The normalized spacial score (nSPS) is 18.2. The van der Waals surface area contributed by atoms with Gasteiger partial charge in [-0.1, -0.05) is 0 Å². The predicted molar refractivity (Wildman–Crippen MR) is 77.5 cm³/mol. The van der Waals surface area contributed by atoms with Crippen molar-refractivity contribution in [1.82, 2.24) is 0 Å². The number of esters is 1. The fourth-order valence-electron chi connectivity index (χ4n) is 2.24. The third-order valence-electron chi connectivity index (χ3n) is 3.46. The highest BCUT2D eigenvalue weighted by molar-refractivity contribution is 7.91. The summed E-state index contributed by atoms with van der Waals surface area (Å²) in [6, 6.07) is 2.19. The Morgan fingerprint density at radius 1 is 1.38 bits per heavy atom. The first-order valence-corrected chi connectivity index (χ1v) is 8.29. The van der Waals surface area contributed by atoms with Crippen molar-refractivity contribution in [3.63, 3.8) is 0 Å². The summed E-state index contributed by atoms with van der Waals surface area (Å²) >= 11 is 0. The minimum absolute atomic E-state index is 0.00359. The fourth-order valence-corrected chi connectivity index (χ4v) is 3.73. The number of ether oxygens (including phenoxy) is 1. The predicted octanol–water partition coefficient (Wildman–Crippen LogP) is 1.18. The number of methoxy groups -OCH3 is 1. The van der Waals surface area contributed by atoms with E-state index in [1.165, 1.54) is 13.2 Å². The summed E-state index contributed by atoms with van der Waals surface area (Å²) in [5, 5.41) is 2.93. The maximum absolute atomic E-state index is 13.9. The monoisotopic (exact) mass is 316 g/mol. The van der Waals surface area contributed by atoms with Crippen molar-refractivity contribution in [2.75, 3.05) is 29.7 Å². The minimum atomic E-state index is -2.98. The molecule has 1 fully saturated rings. The Labute approximate surface area is 122 Å². The van der Waals surface area contributed by atoms with Gasteiger partial charge in [0.2, 0.25) is 0 Å². The molecule has 116 valence electrons. The third kappa shape index (κ3) is 3.63. The maximum atomic E-state index is 13.9. The number of nitrogens with one attached hydrogen (secondary N) is 1. The van der Waals surface area contributed by atoms with E-state index >= 15 is 0 Å². The number of hydrogen-bond donors (Lipinski definition) is 2. The quantitative estimate of drug-likeness (QED) is 0.642. The van der Waals surface area contributed by atoms with Crippen LogP contribution in [-0.4, -0.2) is 39.0 Å². The molecular weight excluding hydrogens is 299 g/mol. The van der Waals surface area contributed by atoms with Crippen LogP contribution in [0.3, 0.4) is 0 Å². The Morgan fingerprint density at radius 2 is 2.00 bits per heavy atom. The molecule has 21 heavy (non-hydrogen) atoms. The van der Waals surface area contributed by atoms with Crippen molar-refractivity contribution in [3.05, 3.63) is 23.5 Å². The van der Waals surface area contributed by atoms with Gasteiger partial charge in [-0.15, -0.1) is 0 Å². The van der Waals surface area contributed by atoms with E-state index in [4.69, 9.17) is 5.73 Å². The lowest BCUT2D eigenvalue weighted by atomic mass is 10.1. The Hall–Kier alpha value is -1.83. The van der Waals surface area contributed by atoms with Gasteiger partial charge >= 0.3 is 5.97 Å². The molecule has 0 aromatic heterocycles. The lowest BCUT2D eigenvalue weighted by molar-refractivity contribution is 0.0602. The van der Waals surface area contributed by atoms with Crippen LogP contribution in [0.5, 0.6) is 0 Å². The highest BCUT2D eigenvalue weighted by Gasteiger charge is 2.24. The van der Waals surface area contributed by atoms with Crippen molar-refractivity contribution in [2.45, 2.75) is 18.9 Å². The first-order valence-electron chi connectivity index (χ1n) is 6.46. The van der Waals surface area contributed by atoms with E-state index < -0.39 is 21.6 Å². The number of hydrogen-bond acceptors (Lipinski definition) is 6. The molecule has 0 unspecified atom stereocenters. The lowest BCUT2D eigenvalue weighted by Crippen LogP contribution is -2.32. The molecule has 0 bridgehead atoms. The molecule has 1 aliphatic heterocycles.